The molecule has 1 saturated heterocycles. The van der Waals surface area contributed by atoms with Crippen LogP contribution in [-0.2, 0) is 16.6 Å². The molecule has 1 aliphatic heterocycles. The first-order chi connectivity index (χ1) is 9.44. The zero-order valence-corrected chi connectivity index (χ0v) is 13.5. The minimum atomic E-state index is -3.50. The summed E-state index contributed by atoms with van der Waals surface area (Å²) < 4.78 is 29.4. The van der Waals surface area contributed by atoms with Crippen LogP contribution in [0.25, 0.3) is 0 Å². The van der Waals surface area contributed by atoms with Gasteiger partial charge in [-0.25, -0.2) is 13.1 Å². The molecule has 0 aromatic carbocycles. The van der Waals surface area contributed by atoms with E-state index in [-0.39, 0.29) is 23.6 Å². The highest BCUT2D eigenvalue weighted by Gasteiger charge is 2.24. The number of nitrogens with zero attached hydrogens (tertiary/aromatic N) is 1. The van der Waals surface area contributed by atoms with Crippen molar-refractivity contribution < 1.29 is 13.5 Å². The molecule has 5 nitrogen and oxygen atoms in total. The Bertz CT molecular complexity index is 546. The lowest BCUT2D eigenvalue weighted by Gasteiger charge is -2.22. The molecule has 1 fully saturated rings. The first-order valence-electron chi connectivity index (χ1n) is 6.85. The molecule has 2 heterocycles. The summed E-state index contributed by atoms with van der Waals surface area (Å²) in [5.41, 5.74) is 0.625. The van der Waals surface area contributed by atoms with E-state index >= 15 is 0 Å². The maximum Gasteiger partial charge on any atom is 0.242 e. The topological polar surface area (TPSA) is 71.3 Å². The fourth-order valence-corrected chi connectivity index (χ4v) is 4.81. The van der Waals surface area contributed by atoms with Crippen molar-refractivity contribution in [2.24, 2.45) is 0 Å². The van der Waals surface area contributed by atoms with Crippen LogP contribution < -0.4 is 4.72 Å². The smallest absolute Gasteiger partial charge is 0.242 e. The van der Waals surface area contributed by atoms with E-state index in [1.807, 2.05) is 25.6 Å². The van der Waals surface area contributed by atoms with E-state index in [0.717, 1.165) is 24.3 Å². The molecule has 0 unspecified atom stereocenters. The Morgan fingerprint density at radius 3 is 2.60 bits per heavy atom. The lowest BCUT2D eigenvalue weighted by molar-refractivity contribution is 0.268. The molecule has 0 spiro atoms. The largest absolute Gasteiger partial charge is 0.390 e. The molecular formula is C13H22N2O3S2. The van der Waals surface area contributed by atoms with Crippen molar-refractivity contribution >= 4 is 21.8 Å². The Morgan fingerprint density at radius 1 is 1.45 bits per heavy atom. The summed E-state index contributed by atoms with van der Waals surface area (Å²) in [5, 5.41) is 9.33. The van der Waals surface area contributed by atoms with E-state index in [1.165, 1.54) is 0 Å². The highest BCUT2D eigenvalue weighted by molar-refractivity contribution is 7.99. The average molecular weight is 318 g/mol. The van der Waals surface area contributed by atoms with Crippen LogP contribution in [0.15, 0.2) is 17.2 Å². The molecule has 0 saturated carbocycles. The standard InChI is InChI=1S/C13H22N2O3S2/c1-10(2)15-8-13(7-12(15)9-16)20(17,18)14-11-3-5-19-6-4-11/h7-8,10-11,14,16H,3-6,9H2,1-2H3. The fraction of sp³-hybridized carbons (Fsp3) is 0.692. The van der Waals surface area contributed by atoms with Crippen LogP contribution in [0, 0.1) is 0 Å². The normalized spacial score (nSPS) is 17.8. The van der Waals surface area contributed by atoms with Gasteiger partial charge in [-0.1, -0.05) is 0 Å². The molecule has 0 aliphatic carbocycles. The second-order valence-corrected chi connectivity index (χ2v) is 8.27. The van der Waals surface area contributed by atoms with Crippen LogP contribution >= 0.6 is 11.8 Å². The van der Waals surface area contributed by atoms with Crippen molar-refractivity contribution in [1.82, 2.24) is 9.29 Å². The molecule has 114 valence electrons. The van der Waals surface area contributed by atoms with E-state index < -0.39 is 10.0 Å². The number of aliphatic hydroxyl groups is 1. The van der Waals surface area contributed by atoms with Gasteiger partial charge in [0, 0.05) is 24.0 Å². The molecule has 1 aliphatic rings. The Balaban J connectivity index is 2.20. The Kier molecular flexibility index (Phi) is 5.17. The number of hydrogen-bond donors (Lipinski definition) is 2. The number of aromatic nitrogens is 1. The summed E-state index contributed by atoms with van der Waals surface area (Å²) in [5.74, 6) is 2.00. The molecule has 0 bridgehead atoms. The molecule has 0 atom stereocenters. The summed E-state index contributed by atoms with van der Waals surface area (Å²) in [7, 11) is -3.50. The Hall–Kier alpha value is -0.500. The highest BCUT2D eigenvalue weighted by Crippen LogP contribution is 2.22. The predicted molar refractivity (Wildman–Crippen MR) is 81.4 cm³/mol. The monoisotopic (exact) mass is 318 g/mol. The quantitative estimate of drug-likeness (QED) is 0.867. The van der Waals surface area contributed by atoms with Gasteiger partial charge in [-0.2, -0.15) is 11.8 Å². The van der Waals surface area contributed by atoms with E-state index in [2.05, 4.69) is 4.72 Å². The third-order valence-electron chi connectivity index (χ3n) is 3.48. The minimum absolute atomic E-state index is 0.0289. The Labute approximate surface area is 124 Å². The van der Waals surface area contributed by atoms with Crippen molar-refractivity contribution in [3.63, 3.8) is 0 Å². The summed E-state index contributed by atoms with van der Waals surface area (Å²) in [6.45, 7) is 3.76. The van der Waals surface area contributed by atoms with Gasteiger partial charge >= 0.3 is 0 Å². The second-order valence-electron chi connectivity index (χ2n) is 5.33. The SMILES string of the molecule is CC(C)n1cc(S(=O)(=O)NC2CCSCC2)cc1CO. The van der Waals surface area contributed by atoms with Gasteiger partial charge in [-0.15, -0.1) is 0 Å². The lowest BCUT2D eigenvalue weighted by Crippen LogP contribution is -2.37. The molecule has 0 radical (unpaired) electrons. The van der Waals surface area contributed by atoms with E-state index in [0.29, 0.717) is 5.69 Å². The van der Waals surface area contributed by atoms with Crippen molar-refractivity contribution in [1.29, 1.82) is 0 Å². The number of hydrogen-bond acceptors (Lipinski definition) is 4. The van der Waals surface area contributed by atoms with Crippen molar-refractivity contribution in [3.05, 3.63) is 18.0 Å². The van der Waals surface area contributed by atoms with Crippen molar-refractivity contribution in [3.8, 4) is 0 Å². The predicted octanol–water partition coefficient (Wildman–Crippen LogP) is 1.74. The van der Waals surface area contributed by atoms with Gasteiger partial charge in [-0.3, -0.25) is 0 Å². The molecule has 1 aromatic heterocycles. The summed E-state index contributed by atoms with van der Waals surface area (Å²) in [4.78, 5) is 0.244. The minimum Gasteiger partial charge on any atom is -0.390 e. The lowest BCUT2D eigenvalue weighted by atomic mass is 10.2. The molecule has 2 N–H and O–H groups in total. The first kappa shape index (κ1) is 15.9. The number of sulfonamides is 1. The highest BCUT2D eigenvalue weighted by atomic mass is 32.2. The maximum atomic E-state index is 12.4. The van der Waals surface area contributed by atoms with Gasteiger partial charge in [-0.05, 0) is 44.3 Å². The summed E-state index contributed by atoms with van der Waals surface area (Å²) >= 11 is 1.86. The second kappa shape index (κ2) is 6.51. The Morgan fingerprint density at radius 2 is 2.10 bits per heavy atom. The fourth-order valence-electron chi connectivity index (χ4n) is 2.35. The molecule has 2 rings (SSSR count). The van der Waals surface area contributed by atoms with E-state index in [4.69, 9.17) is 0 Å². The molecule has 1 aromatic rings. The zero-order chi connectivity index (χ0) is 14.8. The average Bonchev–Trinajstić information content (AvgIpc) is 2.84. The van der Waals surface area contributed by atoms with E-state index in [9.17, 15) is 13.5 Å². The number of nitrogens with one attached hydrogen (secondary N) is 1. The van der Waals surface area contributed by atoms with Crippen LogP contribution in [0.4, 0.5) is 0 Å². The van der Waals surface area contributed by atoms with Gasteiger partial charge in [0.25, 0.3) is 0 Å². The van der Waals surface area contributed by atoms with E-state index in [1.54, 1.807) is 16.8 Å². The van der Waals surface area contributed by atoms with Crippen LogP contribution in [0.5, 0.6) is 0 Å². The summed E-state index contributed by atoms with van der Waals surface area (Å²) in [6, 6.07) is 1.70. The van der Waals surface area contributed by atoms with Gasteiger partial charge in [0.15, 0.2) is 0 Å². The van der Waals surface area contributed by atoms with Crippen LogP contribution in [0.3, 0.4) is 0 Å². The number of thioether (sulfide) groups is 1. The molecule has 20 heavy (non-hydrogen) atoms. The van der Waals surface area contributed by atoms with Crippen molar-refractivity contribution in [2.45, 2.75) is 50.3 Å². The number of aliphatic hydroxyl groups excluding tert-OH is 1. The molecule has 0 amide bonds. The van der Waals surface area contributed by atoms with Gasteiger partial charge in [0.2, 0.25) is 10.0 Å². The zero-order valence-electron chi connectivity index (χ0n) is 11.9. The van der Waals surface area contributed by atoms with Crippen LogP contribution in [0.2, 0.25) is 0 Å². The third kappa shape index (κ3) is 3.58. The van der Waals surface area contributed by atoms with Gasteiger partial charge in [0.1, 0.15) is 0 Å². The molecule has 7 heteroatoms. The first-order valence-corrected chi connectivity index (χ1v) is 9.49. The van der Waals surface area contributed by atoms with Crippen molar-refractivity contribution in [2.75, 3.05) is 11.5 Å². The van der Waals surface area contributed by atoms with Crippen LogP contribution in [-0.4, -0.2) is 35.6 Å². The van der Waals surface area contributed by atoms with Gasteiger partial charge < -0.3 is 9.67 Å². The van der Waals surface area contributed by atoms with Crippen LogP contribution in [0.1, 0.15) is 38.4 Å². The maximum absolute atomic E-state index is 12.4. The number of rotatable bonds is 5. The van der Waals surface area contributed by atoms with Gasteiger partial charge in [0.05, 0.1) is 11.5 Å². The molecular weight excluding hydrogens is 296 g/mol. The summed E-state index contributed by atoms with van der Waals surface area (Å²) in [6.07, 6.45) is 3.36. The third-order valence-corrected chi connectivity index (χ3v) is 6.01.